The molecular weight excluding hydrogens is 360 g/mol. The van der Waals surface area contributed by atoms with Crippen LogP contribution in [0, 0.1) is 0 Å². The molecule has 2 N–H and O–H groups in total. The number of carbonyl (C=O) groups is 1. The molecule has 2 aromatic carbocycles. The van der Waals surface area contributed by atoms with Gasteiger partial charge in [-0.05, 0) is 60.7 Å². The minimum absolute atomic E-state index is 0.0655. The molecule has 1 heterocycles. The lowest BCUT2D eigenvalue weighted by molar-refractivity contribution is -0.115. The number of phenols is 1. The zero-order valence-electron chi connectivity index (χ0n) is 13.3. The van der Waals surface area contributed by atoms with Gasteiger partial charge in [-0.2, -0.15) is 0 Å². The van der Waals surface area contributed by atoms with Gasteiger partial charge in [0.1, 0.15) is 0 Å². The summed E-state index contributed by atoms with van der Waals surface area (Å²) in [6.07, 6.45) is 1.72. The van der Waals surface area contributed by atoms with Gasteiger partial charge in [0.25, 0.3) is 5.91 Å². The van der Waals surface area contributed by atoms with Crippen molar-refractivity contribution in [3.05, 3.63) is 58.0 Å². The molecule has 128 valence electrons. The quantitative estimate of drug-likeness (QED) is 0.781. The van der Waals surface area contributed by atoms with Gasteiger partial charge < -0.3 is 15.2 Å². The highest BCUT2D eigenvalue weighted by molar-refractivity contribution is 8.18. The molecular formula is C18H15ClN2O3S. The van der Waals surface area contributed by atoms with Gasteiger partial charge in [-0.15, -0.1) is 0 Å². The van der Waals surface area contributed by atoms with Crippen LogP contribution in [0.5, 0.6) is 11.5 Å². The third-order valence-electron chi connectivity index (χ3n) is 3.27. The number of nitrogens with zero attached hydrogens (tertiary/aromatic N) is 1. The van der Waals surface area contributed by atoms with Gasteiger partial charge in [0.05, 0.1) is 17.2 Å². The van der Waals surface area contributed by atoms with Gasteiger partial charge in [0, 0.05) is 5.02 Å². The van der Waals surface area contributed by atoms with E-state index in [1.165, 1.54) is 17.8 Å². The fourth-order valence-corrected chi connectivity index (χ4v) is 3.21. The average molecular weight is 375 g/mol. The Morgan fingerprint density at radius 1 is 1.32 bits per heavy atom. The SMILES string of the molecule is CCOc1cc(C=C2SC(=Nc3cccc(Cl)c3)NC2=O)ccc1O. The van der Waals surface area contributed by atoms with Gasteiger partial charge in [0.15, 0.2) is 16.7 Å². The van der Waals surface area contributed by atoms with Crippen LogP contribution in [-0.4, -0.2) is 22.8 Å². The number of ether oxygens (including phenoxy) is 1. The van der Waals surface area contributed by atoms with Crippen molar-refractivity contribution in [2.75, 3.05) is 6.61 Å². The summed E-state index contributed by atoms with van der Waals surface area (Å²) in [7, 11) is 0. The molecule has 25 heavy (non-hydrogen) atoms. The summed E-state index contributed by atoms with van der Waals surface area (Å²) in [6.45, 7) is 2.28. The largest absolute Gasteiger partial charge is 0.504 e. The summed E-state index contributed by atoms with van der Waals surface area (Å²) in [6, 6.07) is 12.0. The van der Waals surface area contributed by atoms with Crippen molar-refractivity contribution in [2.24, 2.45) is 4.99 Å². The zero-order valence-corrected chi connectivity index (χ0v) is 14.9. The Hall–Kier alpha value is -2.44. The summed E-state index contributed by atoms with van der Waals surface area (Å²) in [5.41, 5.74) is 1.42. The molecule has 0 unspecified atom stereocenters. The number of phenolic OH excluding ortho intramolecular Hbond substituents is 1. The lowest BCUT2D eigenvalue weighted by atomic mass is 10.2. The van der Waals surface area contributed by atoms with E-state index in [9.17, 15) is 9.90 Å². The minimum Gasteiger partial charge on any atom is -0.504 e. The normalized spacial score (nSPS) is 17.1. The first-order chi connectivity index (χ1) is 12.0. The molecule has 0 saturated carbocycles. The van der Waals surface area contributed by atoms with E-state index >= 15 is 0 Å². The van der Waals surface area contributed by atoms with Crippen LogP contribution in [0.1, 0.15) is 12.5 Å². The van der Waals surface area contributed by atoms with Crippen molar-refractivity contribution in [2.45, 2.75) is 6.92 Å². The number of benzene rings is 2. The van der Waals surface area contributed by atoms with E-state index in [1.54, 1.807) is 36.4 Å². The number of hydrogen-bond donors (Lipinski definition) is 2. The predicted molar refractivity (Wildman–Crippen MR) is 102 cm³/mol. The second kappa shape index (κ2) is 7.63. The van der Waals surface area contributed by atoms with Crippen LogP contribution < -0.4 is 10.1 Å². The lowest BCUT2D eigenvalue weighted by Gasteiger charge is -2.06. The Labute approximate surface area is 154 Å². The van der Waals surface area contributed by atoms with E-state index in [0.29, 0.717) is 33.1 Å². The summed E-state index contributed by atoms with van der Waals surface area (Å²) < 4.78 is 5.36. The third-order valence-corrected chi connectivity index (χ3v) is 4.42. The Morgan fingerprint density at radius 3 is 2.92 bits per heavy atom. The standard InChI is InChI=1S/C18H15ClN2O3S/c1-2-24-15-8-11(6-7-14(15)22)9-16-17(23)21-18(25-16)20-13-5-3-4-12(19)10-13/h3-10,22H,2H2,1H3,(H,20,21,23). The topological polar surface area (TPSA) is 70.9 Å². The van der Waals surface area contributed by atoms with Crippen molar-refractivity contribution < 1.29 is 14.6 Å². The Morgan fingerprint density at radius 2 is 2.16 bits per heavy atom. The van der Waals surface area contributed by atoms with Gasteiger partial charge in [-0.1, -0.05) is 23.7 Å². The van der Waals surface area contributed by atoms with Crippen molar-refractivity contribution in [3.63, 3.8) is 0 Å². The average Bonchev–Trinajstić information content (AvgIpc) is 2.90. The molecule has 1 amide bonds. The Bertz CT molecular complexity index is 880. The van der Waals surface area contributed by atoms with Crippen LogP contribution in [0.25, 0.3) is 6.08 Å². The van der Waals surface area contributed by atoms with Gasteiger partial charge in [0.2, 0.25) is 0 Å². The molecule has 1 aliphatic heterocycles. The van der Waals surface area contributed by atoms with Crippen LogP contribution in [0.2, 0.25) is 5.02 Å². The van der Waals surface area contributed by atoms with E-state index in [4.69, 9.17) is 16.3 Å². The maximum Gasteiger partial charge on any atom is 0.264 e. The number of halogens is 1. The first-order valence-corrected chi connectivity index (χ1v) is 8.75. The number of thioether (sulfide) groups is 1. The molecule has 0 bridgehead atoms. The number of rotatable bonds is 4. The van der Waals surface area contributed by atoms with Crippen molar-refractivity contribution >= 4 is 46.2 Å². The molecule has 0 atom stereocenters. The maximum absolute atomic E-state index is 12.1. The summed E-state index contributed by atoms with van der Waals surface area (Å²) in [4.78, 5) is 17.0. The molecule has 0 aliphatic carbocycles. The van der Waals surface area contributed by atoms with Gasteiger partial charge in [-0.25, -0.2) is 4.99 Å². The smallest absolute Gasteiger partial charge is 0.264 e. The van der Waals surface area contributed by atoms with E-state index in [1.807, 2.05) is 13.0 Å². The van der Waals surface area contributed by atoms with Crippen LogP contribution in [-0.2, 0) is 4.79 Å². The summed E-state index contributed by atoms with van der Waals surface area (Å²) in [5, 5.41) is 13.5. The molecule has 0 aromatic heterocycles. The zero-order chi connectivity index (χ0) is 17.8. The fraction of sp³-hybridized carbons (Fsp3) is 0.111. The Kier molecular flexibility index (Phi) is 5.31. The van der Waals surface area contributed by atoms with E-state index in [-0.39, 0.29) is 11.7 Å². The predicted octanol–water partition coefficient (Wildman–Crippen LogP) is 4.34. The number of nitrogens with one attached hydrogen (secondary N) is 1. The number of carbonyl (C=O) groups excluding carboxylic acids is 1. The molecule has 0 spiro atoms. The Balaban J connectivity index is 1.83. The highest BCUT2D eigenvalue weighted by Gasteiger charge is 2.24. The molecule has 7 heteroatoms. The molecule has 5 nitrogen and oxygen atoms in total. The first kappa shape index (κ1) is 17.4. The maximum atomic E-state index is 12.1. The number of aromatic hydroxyl groups is 1. The van der Waals surface area contributed by atoms with E-state index in [0.717, 1.165) is 5.56 Å². The molecule has 1 aliphatic rings. The third kappa shape index (κ3) is 4.35. The molecule has 1 saturated heterocycles. The van der Waals surface area contributed by atoms with Crippen molar-refractivity contribution in [1.29, 1.82) is 0 Å². The lowest BCUT2D eigenvalue weighted by Crippen LogP contribution is -2.19. The molecule has 3 rings (SSSR count). The van der Waals surface area contributed by atoms with Crippen LogP contribution in [0.4, 0.5) is 5.69 Å². The summed E-state index contributed by atoms with van der Waals surface area (Å²) in [5.74, 6) is 0.223. The van der Waals surface area contributed by atoms with Crippen LogP contribution >= 0.6 is 23.4 Å². The van der Waals surface area contributed by atoms with Crippen molar-refractivity contribution in [1.82, 2.24) is 5.32 Å². The van der Waals surface area contributed by atoms with Crippen LogP contribution in [0.15, 0.2) is 52.4 Å². The minimum atomic E-state index is -0.225. The second-order valence-electron chi connectivity index (χ2n) is 5.12. The van der Waals surface area contributed by atoms with Crippen LogP contribution in [0.3, 0.4) is 0 Å². The molecule has 2 aromatic rings. The number of amidine groups is 1. The second-order valence-corrected chi connectivity index (χ2v) is 6.59. The molecule has 1 fully saturated rings. The monoisotopic (exact) mass is 374 g/mol. The van der Waals surface area contributed by atoms with Gasteiger partial charge in [-0.3, -0.25) is 4.79 Å². The van der Waals surface area contributed by atoms with Crippen molar-refractivity contribution in [3.8, 4) is 11.5 Å². The first-order valence-electron chi connectivity index (χ1n) is 7.56. The molecule has 0 radical (unpaired) electrons. The highest BCUT2D eigenvalue weighted by Crippen LogP contribution is 2.31. The highest BCUT2D eigenvalue weighted by atomic mass is 35.5. The van der Waals surface area contributed by atoms with Gasteiger partial charge >= 0.3 is 0 Å². The van der Waals surface area contributed by atoms with E-state index < -0.39 is 0 Å². The summed E-state index contributed by atoms with van der Waals surface area (Å²) >= 11 is 7.18. The number of hydrogen-bond acceptors (Lipinski definition) is 5. The fourth-order valence-electron chi connectivity index (χ4n) is 2.19. The number of aliphatic imine (C=N–C) groups is 1. The van der Waals surface area contributed by atoms with E-state index in [2.05, 4.69) is 10.3 Å². The number of amides is 1.